The Morgan fingerprint density at radius 2 is 1.62 bits per heavy atom. The van der Waals surface area contributed by atoms with Crippen molar-refractivity contribution in [1.29, 1.82) is 0 Å². The molecule has 0 aliphatic rings. The molecule has 0 unspecified atom stereocenters. The molecular formula is C25H21N3O4. The minimum absolute atomic E-state index is 0.209. The van der Waals surface area contributed by atoms with Gasteiger partial charge in [-0.3, -0.25) is 14.6 Å². The van der Waals surface area contributed by atoms with Gasteiger partial charge in [0.15, 0.2) is 0 Å². The molecule has 0 aliphatic heterocycles. The van der Waals surface area contributed by atoms with Gasteiger partial charge in [-0.1, -0.05) is 12.1 Å². The number of rotatable bonds is 8. The maximum atomic E-state index is 12.5. The molecule has 32 heavy (non-hydrogen) atoms. The average molecular weight is 427 g/mol. The molecule has 4 aromatic rings. The van der Waals surface area contributed by atoms with E-state index < -0.39 is 0 Å². The van der Waals surface area contributed by atoms with E-state index in [1.807, 2.05) is 6.07 Å². The average Bonchev–Trinajstić information content (AvgIpc) is 3.36. The van der Waals surface area contributed by atoms with Gasteiger partial charge in [0, 0.05) is 23.9 Å². The first kappa shape index (κ1) is 20.9. The van der Waals surface area contributed by atoms with Gasteiger partial charge < -0.3 is 19.8 Å². The summed E-state index contributed by atoms with van der Waals surface area (Å²) in [4.78, 5) is 28.8. The summed E-state index contributed by atoms with van der Waals surface area (Å²) in [6.07, 6.45) is 4.85. The fourth-order valence-corrected chi connectivity index (χ4v) is 3.01. The van der Waals surface area contributed by atoms with Gasteiger partial charge in [0.05, 0.1) is 19.0 Å². The smallest absolute Gasteiger partial charge is 0.251 e. The standard InChI is InChI=1S/C25H21N3O4/c29-24(19-8-10-21(11-9-19)32-23-6-2-12-26-16-23)27-15-18-4-1-5-20(14-18)25(30)28-17-22-7-3-13-31-22/h1-14,16H,15,17H2,(H,27,29)(H,28,30). The normalized spacial score (nSPS) is 10.4. The van der Waals surface area contributed by atoms with Crippen molar-refractivity contribution in [2.24, 2.45) is 0 Å². The van der Waals surface area contributed by atoms with E-state index in [0.717, 1.165) is 5.56 Å². The number of carbonyl (C=O) groups excluding carboxylic acids is 2. The molecule has 0 radical (unpaired) electrons. The maximum absolute atomic E-state index is 12.5. The first-order valence-electron chi connectivity index (χ1n) is 10.0. The van der Waals surface area contributed by atoms with Gasteiger partial charge >= 0.3 is 0 Å². The zero-order chi connectivity index (χ0) is 22.2. The number of furan rings is 1. The van der Waals surface area contributed by atoms with E-state index in [0.29, 0.717) is 41.5 Å². The van der Waals surface area contributed by atoms with Gasteiger partial charge in [-0.15, -0.1) is 0 Å². The fourth-order valence-electron chi connectivity index (χ4n) is 3.01. The van der Waals surface area contributed by atoms with Crippen LogP contribution >= 0.6 is 0 Å². The molecule has 160 valence electrons. The highest BCUT2D eigenvalue weighted by Crippen LogP contribution is 2.20. The minimum Gasteiger partial charge on any atom is -0.467 e. The third kappa shape index (κ3) is 5.60. The second-order valence-electron chi connectivity index (χ2n) is 6.96. The lowest BCUT2D eigenvalue weighted by molar-refractivity contribution is 0.0943. The molecule has 2 heterocycles. The summed E-state index contributed by atoms with van der Waals surface area (Å²) in [5, 5.41) is 5.67. The van der Waals surface area contributed by atoms with Crippen molar-refractivity contribution in [3.8, 4) is 11.5 Å². The Balaban J connectivity index is 1.30. The lowest BCUT2D eigenvalue weighted by Gasteiger charge is -2.09. The van der Waals surface area contributed by atoms with Crippen LogP contribution in [-0.2, 0) is 13.1 Å². The van der Waals surface area contributed by atoms with Crippen LogP contribution in [0.15, 0.2) is 95.9 Å². The van der Waals surface area contributed by atoms with Crippen molar-refractivity contribution in [2.45, 2.75) is 13.1 Å². The molecule has 0 saturated heterocycles. The first-order valence-corrected chi connectivity index (χ1v) is 10.0. The Labute approximate surface area is 185 Å². The van der Waals surface area contributed by atoms with E-state index in [4.69, 9.17) is 9.15 Å². The van der Waals surface area contributed by atoms with Crippen LogP contribution < -0.4 is 15.4 Å². The SMILES string of the molecule is O=C(NCc1cccc(C(=O)NCc2ccco2)c1)c1ccc(Oc2cccnc2)cc1. The highest BCUT2D eigenvalue weighted by atomic mass is 16.5. The highest BCUT2D eigenvalue weighted by Gasteiger charge is 2.09. The summed E-state index contributed by atoms with van der Waals surface area (Å²) in [6.45, 7) is 0.610. The van der Waals surface area contributed by atoms with Gasteiger partial charge in [0.25, 0.3) is 11.8 Å². The van der Waals surface area contributed by atoms with Crippen LogP contribution in [0.5, 0.6) is 11.5 Å². The number of hydrogen-bond donors (Lipinski definition) is 2. The highest BCUT2D eigenvalue weighted by molar-refractivity contribution is 5.95. The van der Waals surface area contributed by atoms with Gasteiger partial charge in [-0.05, 0) is 66.2 Å². The summed E-state index contributed by atoms with van der Waals surface area (Å²) in [5.74, 6) is 1.49. The van der Waals surface area contributed by atoms with Gasteiger partial charge in [-0.2, -0.15) is 0 Å². The molecule has 2 aromatic heterocycles. The number of pyridine rings is 1. The molecule has 7 heteroatoms. The molecule has 0 fully saturated rings. The number of hydrogen-bond acceptors (Lipinski definition) is 5. The van der Waals surface area contributed by atoms with Crippen LogP contribution in [0.3, 0.4) is 0 Å². The third-order valence-electron chi connectivity index (χ3n) is 4.63. The molecule has 0 atom stereocenters. The first-order chi connectivity index (χ1) is 15.7. The van der Waals surface area contributed by atoms with Crippen LogP contribution in [0.2, 0.25) is 0 Å². The lowest BCUT2D eigenvalue weighted by Crippen LogP contribution is -2.24. The van der Waals surface area contributed by atoms with Crippen molar-refractivity contribution in [3.63, 3.8) is 0 Å². The van der Waals surface area contributed by atoms with E-state index in [-0.39, 0.29) is 11.8 Å². The summed E-state index contributed by atoms with van der Waals surface area (Å²) in [5.41, 5.74) is 1.84. The number of nitrogens with one attached hydrogen (secondary N) is 2. The van der Waals surface area contributed by atoms with Crippen molar-refractivity contribution in [1.82, 2.24) is 15.6 Å². The Hall–Kier alpha value is -4.39. The monoisotopic (exact) mass is 427 g/mol. The molecule has 4 rings (SSSR count). The molecular weight excluding hydrogens is 406 g/mol. The lowest BCUT2D eigenvalue weighted by atomic mass is 10.1. The zero-order valence-corrected chi connectivity index (χ0v) is 17.2. The minimum atomic E-state index is -0.217. The third-order valence-corrected chi connectivity index (χ3v) is 4.63. The molecule has 0 spiro atoms. The molecule has 2 aromatic carbocycles. The Morgan fingerprint density at radius 3 is 2.38 bits per heavy atom. The van der Waals surface area contributed by atoms with E-state index in [9.17, 15) is 9.59 Å². The van der Waals surface area contributed by atoms with Crippen LogP contribution in [0, 0.1) is 0 Å². The molecule has 0 bridgehead atoms. The summed E-state index contributed by atoms with van der Waals surface area (Å²) >= 11 is 0. The van der Waals surface area contributed by atoms with Gasteiger partial charge in [-0.25, -0.2) is 0 Å². The summed E-state index contributed by atoms with van der Waals surface area (Å²) < 4.78 is 10.9. The number of nitrogens with zero attached hydrogens (tertiary/aromatic N) is 1. The summed E-state index contributed by atoms with van der Waals surface area (Å²) in [6, 6.07) is 21.1. The maximum Gasteiger partial charge on any atom is 0.251 e. The summed E-state index contributed by atoms with van der Waals surface area (Å²) in [7, 11) is 0. The van der Waals surface area contributed by atoms with Gasteiger partial charge in [0.2, 0.25) is 0 Å². The largest absolute Gasteiger partial charge is 0.467 e. The number of amides is 2. The number of ether oxygens (including phenoxy) is 1. The molecule has 7 nitrogen and oxygen atoms in total. The quantitative estimate of drug-likeness (QED) is 0.437. The van der Waals surface area contributed by atoms with Crippen molar-refractivity contribution in [3.05, 3.63) is 114 Å². The van der Waals surface area contributed by atoms with Crippen molar-refractivity contribution in [2.75, 3.05) is 0 Å². The van der Waals surface area contributed by atoms with Crippen molar-refractivity contribution < 1.29 is 18.7 Å². The Kier molecular flexibility index (Phi) is 6.57. The zero-order valence-electron chi connectivity index (χ0n) is 17.2. The van der Waals surface area contributed by atoms with Crippen LogP contribution in [-0.4, -0.2) is 16.8 Å². The topological polar surface area (TPSA) is 93.5 Å². The molecule has 0 saturated carbocycles. The predicted molar refractivity (Wildman–Crippen MR) is 118 cm³/mol. The predicted octanol–water partition coefficient (Wildman–Crippen LogP) is 4.33. The van der Waals surface area contributed by atoms with Crippen LogP contribution in [0.25, 0.3) is 0 Å². The molecule has 2 N–H and O–H groups in total. The van der Waals surface area contributed by atoms with Crippen LogP contribution in [0.4, 0.5) is 0 Å². The number of benzene rings is 2. The second-order valence-corrected chi connectivity index (χ2v) is 6.96. The van der Waals surface area contributed by atoms with Crippen LogP contribution in [0.1, 0.15) is 32.0 Å². The van der Waals surface area contributed by atoms with E-state index >= 15 is 0 Å². The van der Waals surface area contributed by atoms with E-state index in [1.165, 1.54) is 0 Å². The molecule has 0 aliphatic carbocycles. The van der Waals surface area contributed by atoms with Crippen molar-refractivity contribution >= 4 is 11.8 Å². The van der Waals surface area contributed by atoms with E-state index in [1.54, 1.807) is 85.4 Å². The molecule has 2 amide bonds. The number of carbonyl (C=O) groups is 2. The fraction of sp³-hybridized carbons (Fsp3) is 0.0800. The Bertz CT molecular complexity index is 1170. The number of aromatic nitrogens is 1. The van der Waals surface area contributed by atoms with E-state index in [2.05, 4.69) is 15.6 Å². The Morgan fingerprint density at radius 1 is 0.812 bits per heavy atom. The van der Waals surface area contributed by atoms with Gasteiger partial charge in [0.1, 0.15) is 17.3 Å². The second kappa shape index (κ2) is 10.1.